The summed E-state index contributed by atoms with van der Waals surface area (Å²) in [6.07, 6.45) is 4.16. The molecule has 6 heteroatoms. The molecule has 1 aromatic rings. The van der Waals surface area contributed by atoms with Crippen LogP contribution in [0.4, 0.5) is 0 Å². The molecule has 2 atom stereocenters. The number of terminal acetylenes is 1. The van der Waals surface area contributed by atoms with Crippen LogP contribution >= 0.6 is 15.9 Å². The van der Waals surface area contributed by atoms with Crippen molar-refractivity contribution < 1.29 is 19.4 Å². The van der Waals surface area contributed by atoms with E-state index in [1.807, 2.05) is 0 Å². The summed E-state index contributed by atoms with van der Waals surface area (Å²) in [5.41, 5.74) is 0. The molecule has 0 aromatic heterocycles. The van der Waals surface area contributed by atoms with Crippen LogP contribution in [-0.4, -0.2) is 29.1 Å². The second-order valence-electron chi connectivity index (χ2n) is 4.02. The van der Waals surface area contributed by atoms with E-state index >= 15 is 0 Å². The molecule has 1 amide bonds. The van der Waals surface area contributed by atoms with E-state index in [2.05, 4.69) is 27.2 Å². The number of hydrogen-bond donors (Lipinski definition) is 2. The first kappa shape index (κ1) is 16.1. The van der Waals surface area contributed by atoms with Gasteiger partial charge < -0.3 is 15.2 Å². The zero-order valence-corrected chi connectivity index (χ0v) is 12.4. The number of carbonyl (C=O) groups is 2. The van der Waals surface area contributed by atoms with E-state index in [-0.39, 0.29) is 6.42 Å². The number of carboxylic acid groups (broad SMARTS) is 1. The van der Waals surface area contributed by atoms with Crippen molar-refractivity contribution in [1.82, 2.24) is 5.32 Å². The minimum absolute atomic E-state index is 0.0773. The quantitative estimate of drug-likeness (QED) is 0.775. The highest BCUT2D eigenvalue weighted by atomic mass is 79.9. The molecule has 0 saturated carbocycles. The van der Waals surface area contributed by atoms with Crippen LogP contribution in [0.5, 0.6) is 5.75 Å². The van der Waals surface area contributed by atoms with Crippen molar-refractivity contribution in [3.8, 4) is 18.1 Å². The Bertz CT molecular complexity index is 521. The Labute approximate surface area is 125 Å². The normalized spacial score (nSPS) is 12.8. The largest absolute Gasteiger partial charge is 0.481 e. The Hall–Kier alpha value is -2.00. The van der Waals surface area contributed by atoms with E-state index in [0.29, 0.717) is 5.75 Å². The topological polar surface area (TPSA) is 75.6 Å². The van der Waals surface area contributed by atoms with Gasteiger partial charge in [-0.05, 0) is 31.2 Å². The van der Waals surface area contributed by atoms with E-state index < -0.39 is 24.0 Å². The Kier molecular flexibility index (Phi) is 6.07. The van der Waals surface area contributed by atoms with Crippen LogP contribution in [-0.2, 0) is 9.59 Å². The van der Waals surface area contributed by atoms with Crippen molar-refractivity contribution in [1.29, 1.82) is 0 Å². The molecular formula is C14H14BrNO4. The third-order valence-electron chi connectivity index (χ3n) is 2.43. The number of aliphatic carboxylic acids is 1. The van der Waals surface area contributed by atoms with Crippen molar-refractivity contribution in [2.24, 2.45) is 0 Å². The molecule has 0 aliphatic carbocycles. The zero-order valence-electron chi connectivity index (χ0n) is 10.8. The summed E-state index contributed by atoms with van der Waals surface area (Å²) in [7, 11) is 0. The maximum absolute atomic E-state index is 11.8. The third-order valence-corrected chi connectivity index (χ3v) is 2.96. The highest BCUT2D eigenvalue weighted by Crippen LogP contribution is 2.17. The number of benzene rings is 1. The van der Waals surface area contributed by atoms with Crippen molar-refractivity contribution >= 4 is 27.8 Å². The predicted molar refractivity (Wildman–Crippen MR) is 77.2 cm³/mol. The second kappa shape index (κ2) is 7.56. The average Bonchev–Trinajstić information content (AvgIpc) is 2.40. The Balaban J connectivity index is 2.60. The molecule has 2 unspecified atom stereocenters. The van der Waals surface area contributed by atoms with E-state index in [0.717, 1.165) is 4.47 Å². The zero-order chi connectivity index (χ0) is 15.1. The molecule has 5 nitrogen and oxygen atoms in total. The highest BCUT2D eigenvalue weighted by Gasteiger charge is 2.23. The van der Waals surface area contributed by atoms with Gasteiger partial charge >= 0.3 is 5.97 Å². The van der Waals surface area contributed by atoms with Gasteiger partial charge in [-0.2, -0.15) is 0 Å². The van der Waals surface area contributed by atoms with Crippen molar-refractivity contribution in [3.05, 3.63) is 28.7 Å². The lowest BCUT2D eigenvalue weighted by Gasteiger charge is -2.17. The van der Waals surface area contributed by atoms with Crippen LogP contribution < -0.4 is 10.1 Å². The van der Waals surface area contributed by atoms with Crippen molar-refractivity contribution in [2.75, 3.05) is 0 Å². The molecule has 0 fully saturated rings. The van der Waals surface area contributed by atoms with Crippen LogP contribution in [0.1, 0.15) is 13.3 Å². The van der Waals surface area contributed by atoms with E-state index in [1.165, 1.54) is 6.92 Å². The lowest BCUT2D eigenvalue weighted by Crippen LogP contribution is -2.46. The van der Waals surface area contributed by atoms with E-state index in [9.17, 15) is 9.59 Å². The highest BCUT2D eigenvalue weighted by molar-refractivity contribution is 9.10. The van der Waals surface area contributed by atoms with Gasteiger partial charge in [-0.15, -0.1) is 12.3 Å². The summed E-state index contributed by atoms with van der Waals surface area (Å²) in [6.45, 7) is 1.53. The Morgan fingerprint density at radius 3 is 2.55 bits per heavy atom. The molecule has 0 spiro atoms. The van der Waals surface area contributed by atoms with Gasteiger partial charge in [-0.1, -0.05) is 15.9 Å². The van der Waals surface area contributed by atoms with Crippen LogP contribution in [0.2, 0.25) is 0 Å². The number of carbonyl (C=O) groups excluding carboxylic acids is 1. The molecule has 0 saturated heterocycles. The number of nitrogens with one attached hydrogen (secondary N) is 1. The lowest BCUT2D eigenvalue weighted by molar-refractivity contribution is -0.142. The summed E-state index contributed by atoms with van der Waals surface area (Å²) in [5.74, 6) is 1.02. The summed E-state index contributed by atoms with van der Waals surface area (Å²) in [4.78, 5) is 22.7. The Morgan fingerprint density at radius 2 is 2.05 bits per heavy atom. The maximum atomic E-state index is 11.8. The van der Waals surface area contributed by atoms with E-state index in [4.69, 9.17) is 16.3 Å². The second-order valence-corrected chi connectivity index (χ2v) is 4.94. The van der Waals surface area contributed by atoms with Gasteiger partial charge in [0.25, 0.3) is 5.91 Å². The van der Waals surface area contributed by atoms with Gasteiger partial charge in [-0.3, -0.25) is 4.79 Å². The first-order valence-corrected chi connectivity index (χ1v) is 6.62. The fourth-order valence-corrected chi connectivity index (χ4v) is 1.64. The van der Waals surface area contributed by atoms with Crippen LogP contribution in [0.3, 0.4) is 0 Å². The van der Waals surface area contributed by atoms with Crippen LogP contribution in [0, 0.1) is 12.3 Å². The predicted octanol–water partition coefficient (Wildman–Crippen LogP) is 1.81. The SMILES string of the molecule is C#CCC(NC(=O)C(C)Oc1ccc(Br)cc1)C(=O)O. The number of carboxylic acids is 1. The molecule has 0 heterocycles. The summed E-state index contributed by atoms with van der Waals surface area (Å²) >= 11 is 3.29. The molecule has 20 heavy (non-hydrogen) atoms. The standard InChI is InChI=1S/C14H14BrNO4/c1-3-4-12(14(18)19)16-13(17)9(2)20-11-7-5-10(15)6-8-11/h1,5-9,12H,4H2,2H3,(H,16,17)(H,18,19). The van der Waals surface area contributed by atoms with Crippen molar-refractivity contribution in [2.45, 2.75) is 25.5 Å². The van der Waals surface area contributed by atoms with E-state index in [1.54, 1.807) is 24.3 Å². The molecule has 1 rings (SSSR count). The van der Waals surface area contributed by atoms with Crippen LogP contribution in [0.15, 0.2) is 28.7 Å². The monoisotopic (exact) mass is 339 g/mol. The van der Waals surface area contributed by atoms with Gasteiger partial charge in [-0.25, -0.2) is 4.79 Å². The average molecular weight is 340 g/mol. The number of halogens is 1. The van der Waals surface area contributed by atoms with Gasteiger partial charge in [0.15, 0.2) is 6.10 Å². The molecule has 106 valence electrons. The van der Waals surface area contributed by atoms with Crippen molar-refractivity contribution in [3.63, 3.8) is 0 Å². The molecule has 2 N–H and O–H groups in total. The molecular weight excluding hydrogens is 326 g/mol. The molecule has 1 aromatic carbocycles. The first-order chi connectivity index (χ1) is 9.43. The third kappa shape index (κ3) is 4.94. The number of rotatable bonds is 6. The number of hydrogen-bond acceptors (Lipinski definition) is 3. The van der Waals surface area contributed by atoms with Gasteiger partial charge in [0, 0.05) is 10.9 Å². The molecule has 0 aliphatic heterocycles. The minimum Gasteiger partial charge on any atom is -0.481 e. The molecule has 0 bridgehead atoms. The number of ether oxygens (including phenoxy) is 1. The summed E-state index contributed by atoms with van der Waals surface area (Å²) in [5, 5.41) is 11.2. The summed E-state index contributed by atoms with van der Waals surface area (Å²) in [6, 6.07) is 5.84. The number of amides is 1. The Morgan fingerprint density at radius 1 is 1.45 bits per heavy atom. The van der Waals surface area contributed by atoms with Gasteiger partial charge in [0.2, 0.25) is 0 Å². The van der Waals surface area contributed by atoms with Crippen LogP contribution in [0.25, 0.3) is 0 Å². The fourth-order valence-electron chi connectivity index (χ4n) is 1.38. The van der Waals surface area contributed by atoms with Gasteiger partial charge in [0.1, 0.15) is 11.8 Å². The molecule has 0 radical (unpaired) electrons. The first-order valence-electron chi connectivity index (χ1n) is 5.83. The lowest BCUT2D eigenvalue weighted by atomic mass is 10.2. The fraction of sp³-hybridized carbons (Fsp3) is 0.286. The minimum atomic E-state index is -1.17. The molecule has 0 aliphatic rings. The summed E-state index contributed by atoms with van der Waals surface area (Å²) < 4.78 is 6.30. The van der Waals surface area contributed by atoms with Gasteiger partial charge in [0.05, 0.1) is 0 Å². The smallest absolute Gasteiger partial charge is 0.327 e. The maximum Gasteiger partial charge on any atom is 0.327 e.